The van der Waals surface area contributed by atoms with Gasteiger partial charge in [-0.2, -0.15) is 0 Å². The number of aryl methyl sites for hydroxylation is 1. The summed E-state index contributed by atoms with van der Waals surface area (Å²) in [6, 6.07) is 8.20. The zero-order valence-corrected chi connectivity index (χ0v) is 12.5. The SMILES string of the molecule is CCN(CCC(N)=NO)C(=O)C1CCCc2ccccc21. The maximum absolute atomic E-state index is 12.8. The van der Waals surface area contributed by atoms with Crippen molar-refractivity contribution >= 4 is 11.7 Å². The van der Waals surface area contributed by atoms with Crippen LogP contribution in [-0.4, -0.2) is 34.9 Å². The Kier molecular flexibility index (Phi) is 5.20. The van der Waals surface area contributed by atoms with Crippen molar-refractivity contribution in [3.63, 3.8) is 0 Å². The molecule has 0 radical (unpaired) electrons. The summed E-state index contributed by atoms with van der Waals surface area (Å²) in [6.07, 6.45) is 3.39. The van der Waals surface area contributed by atoms with Gasteiger partial charge < -0.3 is 15.8 Å². The van der Waals surface area contributed by atoms with Crippen LogP contribution in [0, 0.1) is 0 Å². The van der Waals surface area contributed by atoms with Gasteiger partial charge in [-0.1, -0.05) is 29.4 Å². The number of hydrogen-bond acceptors (Lipinski definition) is 3. The number of nitrogens with two attached hydrogens (primary N) is 1. The predicted octanol–water partition coefficient (Wildman–Crippen LogP) is 2.09. The monoisotopic (exact) mass is 289 g/mol. The molecule has 1 amide bonds. The van der Waals surface area contributed by atoms with Gasteiger partial charge in [0.2, 0.25) is 5.91 Å². The Bertz CT molecular complexity index is 528. The number of amides is 1. The van der Waals surface area contributed by atoms with Crippen LogP contribution in [-0.2, 0) is 11.2 Å². The summed E-state index contributed by atoms with van der Waals surface area (Å²) < 4.78 is 0. The Morgan fingerprint density at radius 1 is 1.48 bits per heavy atom. The fraction of sp³-hybridized carbons (Fsp3) is 0.500. The number of carbonyl (C=O) groups is 1. The van der Waals surface area contributed by atoms with E-state index in [1.54, 1.807) is 4.90 Å². The number of oxime groups is 1. The van der Waals surface area contributed by atoms with Gasteiger partial charge in [0, 0.05) is 19.5 Å². The first-order valence-electron chi connectivity index (χ1n) is 7.50. The lowest BCUT2D eigenvalue weighted by Gasteiger charge is -2.30. The summed E-state index contributed by atoms with van der Waals surface area (Å²) >= 11 is 0. The van der Waals surface area contributed by atoms with Crippen molar-refractivity contribution in [2.45, 2.75) is 38.5 Å². The molecular weight excluding hydrogens is 266 g/mol. The van der Waals surface area contributed by atoms with Crippen LogP contribution >= 0.6 is 0 Å². The molecule has 0 aliphatic heterocycles. The molecule has 114 valence electrons. The third-order valence-electron chi connectivity index (χ3n) is 4.13. The van der Waals surface area contributed by atoms with E-state index in [-0.39, 0.29) is 17.7 Å². The molecule has 1 aliphatic carbocycles. The third-order valence-corrected chi connectivity index (χ3v) is 4.13. The Morgan fingerprint density at radius 2 is 2.24 bits per heavy atom. The first-order valence-corrected chi connectivity index (χ1v) is 7.50. The Labute approximate surface area is 125 Å². The first-order chi connectivity index (χ1) is 10.2. The average Bonchev–Trinajstić information content (AvgIpc) is 2.54. The molecular formula is C16H23N3O2. The normalized spacial score (nSPS) is 18.1. The van der Waals surface area contributed by atoms with Gasteiger partial charge in [-0.05, 0) is 37.3 Å². The summed E-state index contributed by atoms with van der Waals surface area (Å²) in [5.74, 6) is 0.253. The second-order valence-electron chi connectivity index (χ2n) is 5.40. The van der Waals surface area contributed by atoms with E-state index >= 15 is 0 Å². The van der Waals surface area contributed by atoms with Gasteiger partial charge in [0.05, 0.1) is 5.92 Å². The smallest absolute Gasteiger partial charge is 0.230 e. The fourth-order valence-corrected chi connectivity index (χ4v) is 2.95. The van der Waals surface area contributed by atoms with Crippen LogP contribution in [0.1, 0.15) is 43.2 Å². The molecule has 1 aromatic rings. The maximum Gasteiger partial charge on any atom is 0.230 e. The van der Waals surface area contributed by atoms with Gasteiger partial charge in [-0.15, -0.1) is 0 Å². The Balaban J connectivity index is 2.11. The van der Waals surface area contributed by atoms with Gasteiger partial charge in [-0.25, -0.2) is 0 Å². The number of likely N-dealkylation sites (N-methyl/N-ethyl adjacent to an activating group) is 1. The minimum absolute atomic E-state index is 0.0535. The molecule has 0 aromatic heterocycles. The van der Waals surface area contributed by atoms with E-state index < -0.39 is 0 Å². The van der Waals surface area contributed by atoms with Crippen LogP contribution in [0.5, 0.6) is 0 Å². The van der Waals surface area contributed by atoms with Gasteiger partial charge >= 0.3 is 0 Å². The molecule has 0 heterocycles. The Morgan fingerprint density at radius 3 is 2.95 bits per heavy atom. The van der Waals surface area contributed by atoms with E-state index in [4.69, 9.17) is 10.9 Å². The number of nitrogens with zero attached hydrogens (tertiary/aromatic N) is 2. The summed E-state index contributed by atoms with van der Waals surface area (Å²) in [5, 5.41) is 11.6. The number of rotatable bonds is 5. The molecule has 1 atom stereocenters. The third kappa shape index (κ3) is 3.54. The molecule has 0 saturated heterocycles. The summed E-state index contributed by atoms with van der Waals surface area (Å²) in [6.45, 7) is 3.08. The number of carbonyl (C=O) groups excluding carboxylic acids is 1. The van der Waals surface area contributed by atoms with Crippen LogP contribution < -0.4 is 5.73 Å². The molecule has 5 heteroatoms. The summed E-state index contributed by atoms with van der Waals surface area (Å²) in [7, 11) is 0. The molecule has 21 heavy (non-hydrogen) atoms. The summed E-state index contributed by atoms with van der Waals surface area (Å²) in [5.41, 5.74) is 7.94. The van der Waals surface area contributed by atoms with E-state index in [1.165, 1.54) is 5.56 Å². The first kappa shape index (κ1) is 15.4. The molecule has 3 N–H and O–H groups in total. The van der Waals surface area contributed by atoms with Gasteiger partial charge in [0.25, 0.3) is 0 Å². The largest absolute Gasteiger partial charge is 0.409 e. The molecule has 0 fully saturated rings. The van der Waals surface area contributed by atoms with Crippen molar-refractivity contribution in [1.29, 1.82) is 0 Å². The van der Waals surface area contributed by atoms with Gasteiger partial charge in [0.1, 0.15) is 5.84 Å². The van der Waals surface area contributed by atoms with Crippen LogP contribution in [0.25, 0.3) is 0 Å². The van der Waals surface area contributed by atoms with Crippen molar-refractivity contribution < 1.29 is 10.0 Å². The second kappa shape index (κ2) is 7.11. The zero-order chi connectivity index (χ0) is 15.2. The highest BCUT2D eigenvalue weighted by atomic mass is 16.4. The van der Waals surface area contributed by atoms with E-state index in [1.807, 2.05) is 19.1 Å². The lowest BCUT2D eigenvalue weighted by atomic mass is 9.82. The van der Waals surface area contributed by atoms with E-state index in [0.717, 1.165) is 24.8 Å². The topological polar surface area (TPSA) is 78.9 Å². The Hall–Kier alpha value is -2.04. The van der Waals surface area contributed by atoms with Gasteiger partial charge in [-0.3, -0.25) is 4.79 Å². The van der Waals surface area contributed by atoms with Gasteiger partial charge in [0.15, 0.2) is 0 Å². The van der Waals surface area contributed by atoms with Crippen molar-refractivity contribution in [2.24, 2.45) is 10.9 Å². The molecule has 0 spiro atoms. The highest BCUT2D eigenvalue weighted by Gasteiger charge is 2.29. The molecule has 2 rings (SSSR count). The molecule has 1 aromatic carbocycles. The predicted molar refractivity (Wildman–Crippen MR) is 82.4 cm³/mol. The van der Waals surface area contributed by atoms with E-state index in [9.17, 15) is 4.79 Å². The fourth-order valence-electron chi connectivity index (χ4n) is 2.95. The lowest BCUT2D eigenvalue weighted by Crippen LogP contribution is -2.38. The molecule has 1 unspecified atom stereocenters. The highest BCUT2D eigenvalue weighted by molar-refractivity contribution is 5.85. The number of hydrogen-bond donors (Lipinski definition) is 2. The maximum atomic E-state index is 12.8. The number of fused-ring (bicyclic) bond motifs is 1. The molecule has 1 aliphatic rings. The minimum Gasteiger partial charge on any atom is -0.409 e. The quantitative estimate of drug-likeness (QED) is 0.377. The van der Waals surface area contributed by atoms with Crippen LogP contribution in [0.2, 0.25) is 0 Å². The van der Waals surface area contributed by atoms with Crippen LogP contribution in [0.3, 0.4) is 0 Å². The lowest BCUT2D eigenvalue weighted by molar-refractivity contribution is -0.132. The van der Waals surface area contributed by atoms with Crippen LogP contribution in [0.15, 0.2) is 29.4 Å². The zero-order valence-electron chi connectivity index (χ0n) is 12.5. The van der Waals surface area contributed by atoms with Crippen LogP contribution in [0.4, 0.5) is 0 Å². The minimum atomic E-state index is -0.0535. The van der Waals surface area contributed by atoms with Crippen molar-refractivity contribution in [3.05, 3.63) is 35.4 Å². The molecule has 5 nitrogen and oxygen atoms in total. The van der Waals surface area contributed by atoms with E-state index in [2.05, 4.69) is 17.3 Å². The molecule has 0 saturated carbocycles. The standard InChI is InChI=1S/C16H23N3O2/c1-2-19(11-10-15(17)18-21)16(20)14-9-5-7-12-6-3-4-8-13(12)14/h3-4,6,8,14,21H,2,5,7,9-11H2,1H3,(H2,17,18). The number of amidine groups is 1. The number of benzene rings is 1. The van der Waals surface area contributed by atoms with E-state index in [0.29, 0.717) is 19.5 Å². The average molecular weight is 289 g/mol. The van der Waals surface area contributed by atoms with Crippen molar-refractivity contribution in [3.8, 4) is 0 Å². The highest BCUT2D eigenvalue weighted by Crippen LogP contribution is 2.32. The molecule has 0 bridgehead atoms. The van der Waals surface area contributed by atoms with Crippen molar-refractivity contribution in [2.75, 3.05) is 13.1 Å². The second-order valence-corrected chi connectivity index (χ2v) is 5.40. The van der Waals surface area contributed by atoms with Crippen molar-refractivity contribution in [1.82, 2.24) is 4.90 Å². The summed E-state index contributed by atoms with van der Waals surface area (Å²) in [4.78, 5) is 14.6.